The van der Waals surface area contributed by atoms with Crippen LogP contribution in [-0.4, -0.2) is 39.7 Å². The van der Waals surface area contributed by atoms with Crippen molar-refractivity contribution in [1.82, 2.24) is 39.7 Å². The fourth-order valence-electron chi connectivity index (χ4n) is 4.86. The first kappa shape index (κ1) is 21.5. The van der Waals surface area contributed by atoms with Crippen molar-refractivity contribution in [3.05, 3.63) is 79.5 Å². The first-order valence-electron chi connectivity index (χ1n) is 12.4. The van der Waals surface area contributed by atoms with Gasteiger partial charge in [-0.2, -0.15) is 5.10 Å². The summed E-state index contributed by atoms with van der Waals surface area (Å²) in [7, 11) is 0. The van der Waals surface area contributed by atoms with Crippen molar-refractivity contribution in [3.8, 4) is 28.3 Å². The van der Waals surface area contributed by atoms with Crippen LogP contribution < -0.4 is 5.32 Å². The highest BCUT2D eigenvalue weighted by atomic mass is 15.1. The number of pyridine rings is 2. The van der Waals surface area contributed by atoms with E-state index in [2.05, 4.69) is 60.2 Å². The summed E-state index contributed by atoms with van der Waals surface area (Å²) in [6, 6.07) is 8.36. The Labute approximate surface area is 212 Å². The zero-order valence-corrected chi connectivity index (χ0v) is 20.4. The highest BCUT2D eigenvalue weighted by Crippen LogP contribution is 2.34. The van der Waals surface area contributed by atoms with E-state index in [4.69, 9.17) is 4.98 Å². The SMILES string of the molecule is C=C(Nc1cncc(-c2ccc3[nH]nc(-c4nc5c(-n6cnc(C)c6)cncc5[nH]4)c3c2)c1)C1CCC1. The number of hydrogen-bond donors (Lipinski definition) is 3. The molecule has 7 rings (SSSR count). The Morgan fingerprint density at radius 1 is 1.05 bits per heavy atom. The second-order valence-electron chi connectivity index (χ2n) is 9.64. The van der Waals surface area contributed by atoms with Crippen LogP contribution in [0.3, 0.4) is 0 Å². The molecule has 6 aromatic rings. The molecule has 1 fully saturated rings. The monoisotopic (exact) mass is 487 g/mol. The zero-order valence-electron chi connectivity index (χ0n) is 20.4. The molecule has 37 heavy (non-hydrogen) atoms. The number of anilines is 1. The van der Waals surface area contributed by atoms with Crippen LogP contribution in [-0.2, 0) is 0 Å². The molecule has 1 aliphatic carbocycles. The number of benzene rings is 1. The molecule has 0 aliphatic heterocycles. The van der Waals surface area contributed by atoms with Crippen molar-refractivity contribution >= 4 is 27.6 Å². The molecule has 9 heteroatoms. The van der Waals surface area contributed by atoms with Crippen molar-refractivity contribution in [3.63, 3.8) is 0 Å². The van der Waals surface area contributed by atoms with Crippen molar-refractivity contribution in [2.45, 2.75) is 26.2 Å². The molecule has 1 aliphatic rings. The Balaban J connectivity index is 1.26. The van der Waals surface area contributed by atoms with E-state index in [0.717, 1.165) is 61.5 Å². The molecule has 3 N–H and O–H groups in total. The lowest BCUT2D eigenvalue weighted by Gasteiger charge is -2.28. The van der Waals surface area contributed by atoms with E-state index >= 15 is 0 Å². The second-order valence-corrected chi connectivity index (χ2v) is 9.64. The van der Waals surface area contributed by atoms with Gasteiger partial charge in [0.2, 0.25) is 0 Å². The topological polar surface area (TPSA) is 113 Å². The molecular weight excluding hydrogens is 462 g/mol. The molecule has 1 saturated carbocycles. The lowest BCUT2D eigenvalue weighted by atomic mass is 9.83. The highest BCUT2D eigenvalue weighted by molar-refractivity contribution is 5.96. The van der Waals surface area contributed by atoms with Gasteiger partial charge in [0.05, 0.1) is 53.0 Å². The van der Waals surface area contributed by atoms with E-state index in [1.54, 1.807) is 18.7 Å². The number of H-pyrrole nitrogens is 2. The van der Waals surface area contributed by atoms with E-state index in [1.807, 2.05) is 36.1 Å². The number of hydrogen-bond acceptors (Lipinski definition) is 6. The van der Waals surface area contributed by atoms with Gasteiger partial charge in [0.1, 0.15) is 11.2 Å². The molecule has 5 heterocycles. The number of aryl methyl sites for hydroxylation is 1. The lowest BCUT2D eigenvalue weighted by molar-refractivity contribution is 0.371. The lowest BCUT2D eigenvalue weighted by Crippen LogP contribution is -2.18. The van der Waals surface area contributed by atoms with Crippen LogP contribution in [0.4, 0.5) is 5.69 Å². The molecule has 0 radical (unpaired) electrons. The van der Waals surface area contributed by atoms with Crippen LogP contribution in [0.1, 0.15) is 25.0 Å². The smallest absolute Gasteiger partial charge is 0.159 e. The number of rotatable bonds is 6. The number of nitrogens with zero attached hydrogens (tertiary/aromatic N) is 6. The van der Waals surface area contributed by atoms with Crippen LogP contribution in [0.5, 0.6) is 0 Å². The van der Waals surface area contributed by atoms with Gasteiger partial charge in [-0.15, -0.1) is 0 Å². The molecule has 182 valence electrons. The number of allylic oxidation sites excluding steroid dienone is 1. The van der Waals surface area contributed by atoms with Crippen molar-refractivity contribution in [2.75, 3.05) is 5.32 Å². The number of imidazole rings is 2. The largest absolute Gasteiger partial charge is 0.358 e. The van der Waals surface area contributed by atoms with E-state index in [9.17, 15) is 0 Å². The third kappa shape index (κ3) is 3.76. The Morgan fingerprint density at radius 3 is 2.76 bits per heavy atom. The summed E-state index contributed by atoms with van der Waals surface area (Å²) in [6.07, 6.45) is 14.7. The average Bonchev–Trinajstić information content (AvgIpc) is 3.60. The van der Waals surface area contributed by atoms with Crippen LogP contribution in [0.25, 0.3) is 50.3 Å². The first-order chi connectivity index (χ1) is 18.1. The summed E-state index contributed by atoms with van der Waals surface area (Å²) in [5.74, 6) is 1.24. The summed E-state index contributed by atoms with van der Waals surface area (Å²) in [4.78, 5) is 21.5. The summed E-state index contributed by atoms with van der Waals surface area (Å²) in [5, 5.41) is 12.2. The Morgan fingerprint density at radius 2 is 1.95 bits per heavy atom. The number of nitrogens with one attached hydrogen (secondary N) is 3. The molecule has 0 unspecified atom stereocenters. The molecule has 5 aromatic heterocycles. The van der Waals surface area contributed by atoms with Gasteiger partial charge in [-0.05, 0) is 49.4 Å². The summed E-state index contributed by atoms with van der Waals surface area (Å²) in [6.45, 7) is 6.18. The summed E-state index contributed by atoms with van der Waals surface area (Å²) < 4.78 is 1.93. The maximum atomic E-state index is 4.91. The number of aromatic nitrogens is 8. The minimum atomic E-state index is 0.561. The molecule has 9 nitrogen and oxygen atoms in total. The van der Waals surface area contributed by atoms with E-state index in [1.165, 1.54) is 19.3 Å². The fraction of sp³-hybridized carbons (Fsp3) is 0.179. The average molecular weight is 488 g/mol. The molecule has 1 aromatic carbocycles. The van der Waals surface area contributed by atoms with Crippen molar-refractivity contribution < 1.29 is 0 Å². The normalized spacial score (nSPS) is 13.8. The summed E-state index contributed by atoms with van der Waals surface area (Å²) in [5.41, 5.74) is 9.21. The van der Waals surface area contributed by atoms with Gasteiger partial charge in [-0.1, -0.05) is 19.1 Å². The molecule has 0 spiro atoms. The summed E-state index contributed by atoms with van der Waals surface area (Å²) >= 11 is 0. The first-order valence-corrected chi connectivity index (χ1v) is 12.4. The highest BCUT2D eigenvalue weighted by Gasteiger charge is 2.21. The Hall–Kier alpha value is -4.79. The Kier molecular flexibility index (Phi) is 4.88. The molecule has 0 atom stereocenters. The zero-order chi connectivity index (χ0) is 24.9. The molecular formula is C28H25N9. The van der Waals surface area contributed by atoms with Gasteiger partial charge in [-0.3, -0.25) is 15.1 Å². The van der Waals surface area contributed by atoms with Gasteiger partial charge < -0.3 is 14.9 Å². The number of aromatic amines is 2. The minimum Gasteiger partial charge on any atom is -0.358 e. The molecule has 0 saturated heterocycles. The maximum absolute atomic E-state index is 4.91. The van der Waals surface area contributed by atoms with Crippen molar-refractivity contribution in [2.24, 2.45) is 5.92 Å². The fourth-order valence-corrected chi connectivity index (χ4v) is 4.86. The second kappa shape index (κ2) is 8.41. The van der Waals surface area contributed by atoms with Gasteiger partial charge in [0.25, 0.3) is 0 Å². The molecule has 0 bridgehead atoms. The van der Waals surface area contributed by atoms with Crippen LogP contribution in [0.15, 0.2) is 73.9 Å². The molecule has 0 amide bonds. The van der Waals surface area contributed by atoms with Gasteiger partial charge in [0, 0.05) is 29.0 Å². The quantitative estimate of drug-likeness (QED) is 0.274. The van der Waals surface area contributed by atoms with Crippen LogP contribution >= 0.6 is 0 Å². The standard InChI is InChI=1S/C28H25N9/c1-16-14-37(15-31-16)25-13-30-12-24-27(25)34-28(33-24)26-22-9-19(6-7-23(22)35-36-26)20-8-21(11-29-10-20)32-17(2)18-4-3-5-18/h6-15,18,32H,2-5H2,1H3,(H,33,34)(H,35,36). The van der Waals surface area contributed by atoms with Crippen LogP contribution in [0.2, 0.25) is 0 Å². The number of fused-ring (bicyclic) bond motifs is 2. The van der Waals surface area contributed by atoms with Gasteiger partial charge in [-0.25, -0.2) is 9.97 Å². The van der Waals surface area contributed by atoms with E-state index in [-0.39, 0.29) is 0 Å². The van der Waals surface area contributed by atoms with Gasteiger partial charge in [0.15, 0.2) is 5.82 Å². The van der Waals surface area contributed by atoms with Crippen molar-refractivity contribution in [1.29, 1.82) is 0 Å². The third-order valence-electron chi connectivity index (χ3n) is 7.13. The predicted molar refractivity (Wildman–Crippen MR) is 144 cm³/mol. The van der Waals surface area contributed by atoms with E-state index < -0.39 is 0 Å². The third-order valence-corrected chi connectivity index (χ3v) is 7.13. The van der Waals surface area contributed by atoms with Gasteiger partial charge >= 0.3 is 0 Å². The van der Waals surface area contributed by atoms with Crippen LogP contribution in [0, 0.1) is 12.8 Å². The predicted octanol–water partition coefficient (Wildman–Crippen LogP) is 5.78. The van der Waals surface area contributed by atoms with E-state index in [0.29, 0.717) is 11.7 Å². The minimum absolute atomic E-state index is 0.561. The Bertz CT molecular complexity index is 1780. The maximum Gasteiger partial charge on any atom is 0.159 e.